The van der Waals surface area contributed by atoms with Crippen LogP contribution in [-0.4, -0.2) is 71.0 Å². The molecule has 226 valence electrons. The normalized spacial score (nSPS) is 25.9. The minimum atomic E-state index is -3.03. The van der Waals surface area contributed by atoms with Gasteiger partial charge in [0.05, 0.1) is 0 Å². The Morgan fingerprint density at radius 2 is 1.54 bits per heavy atom. The SMILES string of the molecule is CC(C)[Si]1(C(C)C)OC[C@H]2[Se][C@@H](n3cc(F)c(=O)n(C(=O)c4ccccc4)c3=O)C(O)C2O[Si](C(C)C)(C(C)C)O1. The summed E-state index contributed by atoms with van der Waals surface area (Å²) in [4.78, 5) is 38.3. The maximum atomic E-state index is 15.0. The molecule has 1 N–H and O–H groups in total. The number of nitrogens with zero attached hydrogens (tertiary/aromatic N) is 2. The number of benzene rings is 1. The van der Waals surface area contributed by atoms with E-state index in [0.29, 0.717) is 4.57 Å². The fourth-order valence-electron chi connectivity index (χ4n) is 5.98. The zero-order chi connectivity index (χ0) is 30.4. The summed E-state index contributed by atoms with van der Waals surface area (Å²) in [6.45, 7) is 17.1. The maximum absolute atomic E-state index is 15.0. The van der Waals surface area contributed by atoms with E-state index >= 15 is 4.39 Å². The molecule has 2 saturated heterocycles. The minimum absolute atomic E-state index is 0.0403. The predicted octanol–water partition coefficient (Wildman–Crippen LogP) is 4.16. The van der Waals surface area contributed by atoms with E-state index in [2.05, 4.69) is 55.4 Å². The molecule has 4 rings (SSSR count). The van der Waals surface area contributed by atoms with Crippen molar-refractivity contribution in [3.05, 3.63) is 68.7 Å². The molecule has 0 spiro atoms. The van der Waals surface area contributed by atoms with E-state index in [1.165, 1.54) is 12.1 Å². The second-order valence-corrected chi connectivity index (χ2v) is 23.8. The Kier molecular flexibility index (Phi) is 9.52. The van der Waals surface area contributed by atoms with Crippen molar-refractivity contribution in [1.29, 1.82) is 0 Å². The number of carbonyl (C=O) groups excluding carboxylic acids is 1. The quantitative estimate of drug-likeness (QED) is 0.460. The van der Waals surface area contributed by atoms with Gasteiger partial charge in [0.1, 0.15) is 0 Å². The molecule has 2 aliphatic heterocycles. The summed E-state index contributed by atoms with van der Waals surface area (Å²) in [5.74, 6) is -2.18. The predicted molar refractivity (Wildman–Crippen MR) is 159 cm³/mol. The van der Waals surface area contributed by atoms with Crippen LogP contribution in [0.5, 0.6) is 0 Å². The third-order valence-electron chi connectivity index (χ3n) is 8.21. The van der Waals surface area contributed by atoms with Crippen LogP contribution >= 0.6 is 0 Å². The van der Waals surface area contributed by atoms with Crippen LogP contribution in [0.15, 0.2) is 46.1 Å². The summed E-state index contributed by atoms with van der Waals surface area (Å²) in [7, 11) is -5.84. The van der Waals surface area contributed by atoms with Crippen molar-refractivity contribution in [2.75, 3.05) is 6.61 Å². The summed E-state index contributed by atoms with van der Waals surface area (Å²) in [6, 6.07) is 7.77. The zero-order valence-corrected chi connectivity index (χ0v) is 28.6. The molecule has 0 radical (unpaired) electrons. The number of hydrogen-bond acceptors (Lipinski definition) is 7. The van der Waals surface area contributed by atoms with E-state index < -0.39 is 72.2 Å². The van der Waals surface area contributed by atoms with Crippen LogP contribution in [0, 0.1) is 5.82 Å². The number of hydrogen-bond donors (Lipinski definition) is 1. The molecule has 2 unspecified atom stereocenters. The molecule has 2 fully saturated rings. The Labute approximate surface area is 248 Å². The van der Waals surface area contributed by atoms with Crippen LogP contribution in [0.4, 0.5) is 4.39 Å². The number of aromatic nitrogens is 2. The number of halogens is 1. The molecule has 9 nitrogen and oxygen atoms in total. The van der Waals surface area contributed by atoms with E-state index in [1.54, 1.807) is 18.2 Å². The van der Waals surface area contributed by atoms with E-state index in [9.17, 15) is 19.5 Å². The average molecular weight is 672 g/mol. The van der Waals surface area contributed by atoms with Crippen LogP contribution in [0.25, 0.3) is 0 Å². The molecule has 4 atom stereocenters. The number of aliphatic hydroxyl groups is 1. The fourth-order valence-corrected chi connectivity index (χ4v) is 20.8. The Balaban J connectivity index is 1.81. The number of fused-ring (bicyclic) bond motifs is 1. The van der Waals surface area contributed by atoms with Gasteiger partial charge >= 0.3 is 249 Å². The van der Waals surface area contributed by atoms with Gasteiger partial charge in [-0.2, -0.15) is 0 Å². The molecule has 0 saturated carbocycles. The third-order valence-corrected chi connectivity index (χ3v) is 21.7. The van der Waals surface area contributed by atoms with Gasteiger partial charge in [0.15, 0.2) is 0 Å². The van der Waals surface area contributed by atoms with Gasteiger partial charge in [-0.05, 0) is 0 Å². The van der Waals surface area contributed by atoms with Crippen LogP contribution in [0.3, 0.4) is 0 Å². The standard InChI is InChI=1S/C28H41FN2O7SeSi2/c1-16(2)40(17(3)4)36-15-22-24(37-41(38-40,18(5)6)19(7)8)23(32)27(39-22)30-14-21(29)26(34)31(28(30)35)25(33)20-12-10-9-11-13-20/h9-14,16-19,22-24,27,32H,15H2,1-8H3/t22-,23?,24?,27-/m1/s1. The summed E-state index contributed by atoms with van der Waals surface area (Å²) >= 11 is -0.502. The first-order valence-electron chi connectivity index (χ1n) is 14.2. The molecular weight excluding hydrogens is 630 g/mol. The number of aliphatic hydroxyl groups excluding tert-OH is 1. The van der Waals surface area contributed by atoms with Crippen molar-refractivity contribution in [2.45, 2.75) is 99.5 Å². The van der Waals surface area contributed by atoms with Gasteiger partial charge in [-0.15, -0.1) is 0 Å². The van der Waals surface area contributed by atoms with Crippen molar-refractivity contribution in [1.82, 2.24) is 9.13 Å². The molecule has 0 bridgehead atoms. The molecular formula is C28H41FN2O7SeSi2. The Hall–Kier alpha value is -1.71. The molecule has 1 aromatic carbocycles. The molecule has 1 aromatic heterocycles. The molecule has 2 aliphatic rings. The summed E-state index contributed by atoms with van der Waals surface area (Å²) in [5, 5.41) is 11.7. The molecule has 0 amide bonds. The molecule has 41 heavy (non-hydrogen) atoms. The van der Waals surface area contributed by atoms with Crippen LogP contribution < -0.4 is 11.2 Å². The fraction of sp³-hybridized carbons (Fsp3) is 0.607. The van der Waals surface area contributed by atoms with Crippen LogP contribution in [-0.2, 0) is 13.0 Å². The van der Waals surface area contributed by atoms with E-state index in [1.807, 2.05) is 0 Å². The second-order valence-electron chi connectivity index (χ2n) is 12.1. The first-order valence-corrected chi connectivity index (χ1v) is 20.1. The topological polar surface area (TPSA) is 109 Å². The van der Waals surface area contributed by atoms with Gasteiger partial charge in [-0.25, -0.2) is 0 Å². The van der Waals surface area contributed by atoms with Crippen molar-refractivity contribution in [2.24, 2.45) is 0 Å². The van der Waals surface area contributed by atoms with Crippen molar-refractivity contribution in [3.63, 3.8) is 0 Å². The third kappa shape index (κ3) is 5.55. The Morgan fingerprint density at radius 3 is 2.07 bits per heavy atom. The van der Waals surface area contributed by atoms with Crippen LogP contribution in [0.2, 0.25) is 27.0 Å². The molecule has 13 heteroatoms. The first kappa shape index (κ1) is 32.2. The van der Waals surface area contributed by atoms with E-state index in [0.717, 1.165) is 10.8 Å². The number of rotatable bonds is 6. The van der Waals surface area contributed by atoms with Gasteiger partial charge in [0.25, 0.3) is 0 Å². The Bertz CT molecular complexity index is 1370. The second kappa shape index (κ2) is 12.1. The monoisotopic (exact) mass is 672 g/mol. The number of carbonyl (C=O) groups is 1. The van der Waals surface area contributed by atoms with Gasteiger partial charge in [0.2, 0.25) is 0 Å². The van der Waals surface area contributed by atoms with Gasteiger partial charge in [0, 0.05) is 0 Å². The summed E-state index contributed by atoms with van der Waals surface area (Å²) in [6.07, 6.45) is -1.09. The molecule has 2 aromatic rings. The van der Waals surface area contributed by atoms with Crippen molar-refractivity contribution < 1.29 is 27.3 Å². The van der Waals surface area contributed by atoms with E-state index in [4.69, 9.17) is 13.0 Å². The molecule has 3 heterocycles. The Morgan fingerprint density at radius 1 is 0.976 bits per heavy atom. The summed E-state index contributed by atoms with van der Waals surface area (Å²) < 4.78 is 37.3. The van der Waals surface area contributed by atoms with Crippen molar-refractivity contribution in [3.8, 4) is 0 Å². The first-order chi connectivity index (χ1) is 19.2. The zero-order valence-electron chi connectivity index (χ0n) is 24.9. The van der Waals surface area contributed by atoms with Gasteiger partial charge in [-0.3, -0.25) is 0 Å². The van der Waals surface area contributed by atoms with E-state index in [-0.39, 0.29) is 39.2 Å². The average Bonchev–Trinajstić information content (AvgIpc) is 3.19. The summed E-state index contributed by atoms with van der Waals surface area (Å²) in [5.41, 5.74) is -1.87. The van der Waals surface area contributed by atoms with Crippen LogP contribution in [0.1, 0.15) is 70.7 Å². The van der Waals surface area contributed by atoms with Gasteiger partial charge < -0.3 is 0 Å². The molecule has 0 aliphatic carbocycles. The van der Waals surface area contributed by atoms with Gasteiger partial charge in [-0.1, -0.05) is 0 Å². The van der Waals surface area contributed by atoms with Crippen molar-refractivity contribution >= 4 is 38.0 Å².